The van der Waals surface area contributed by atoms with Crippen molar-refractivity contribution in [1.82, 2.24) is 9.88 Å². The first-order chi connectivity index (χ1) is 11.1. The standard InChI is InChI=1S/C18H20BrN3O/c1-13-6-9-22(10-7-13)18(23)17-12-16(5-8-20-17)21-15-4-2-3-14(19)11-15/h2-5,8,11-13H,6-7,9-10H2,1H3,(H,20,21). The number of carbonyl (C=O) groups is 1. The maximum absolute atomic E-state index is 12.6. The van der Waals surface area contributed by atoms with Crippen molar-refractivity contribution in [2.45, 2.75) is 19.8 Å². The predicted octanol–water partition coefficient (Wildman–Crippen LogP) is 4.46. The molecule has 23 heavy (non-hydrogen) atoms. The van der Waals surface area contributed by atoms with Gasteiger partial charge in [0.15, 0.2) is 0 Å². The van der Waals surface area contributed by atoms with Gasteiger partial charge in [0.1, 0.15) is 5.69 Å². The fourth-order valence-electron chi connectivity index (χ4n) is 2.73. The van der Waals surface area contributed by atoms with Crippen LogP contribution in [0, 0.1) is 5.92 Å². The molecule has 3 rings (SSSR count). The molecule has 0 unspecified atom stereocenters. The Morgan fingerprint density at radius 3 is 2.70 bits per heavy atom. The zero-order chi connectivity index (χ0) is 16.2. The number of pyridine rings is 1. The van der Waals surface area contributed by atoms with E-state index >= 15 is 0 Å². The first-order valence-corrected chi connectivity index (χ1v) is 8.69. The number of benzene rings is 1. The van der Waals surface area contributed by atoms with E-state index < -0.39 is 0 Å². The van der Waals surface area contributed by atoms with Crippen LogP contribution in [-0.2, 0) is 0 Å². The molecule has 0 radical (unpaired) electrons. The molecule has 4 nitrogen and oxygen atoms in total. The minimum Gasteiger partial charge on any atom is -0.355 e. The van der Waals surface area contributed by atoms with E-state index in [4.69, 9.17) is 0 Å². The van der Waals surface area contributed by atoms with Crippen LogP contribution in [0.2, 0.25) is 0 Å². The van der Waals surface area contributed by atoms with Crippen molar-refractivity contribution in [2.75, 3.05) is 18.4 Å². The van der Waals surface area contributed by atoms with Gasteiger partial charge >= 0.3 is 0 Å². The number of amides is 1. The molecule has 1 N–H and O–H groups in total. The van der Waals surface area contributed by atoms with Gasteiger partial charge in [-0.2, -0.15) is 0 Å². The van der Waals surface area contributed by atoms with E-state index in [1.54, 1.807) is 6.20 Å². The molecular formula is C18H20BrN3O. The fourth-order valence-corrected chi connectivity index (χ4v) is 3.13. The van der Waals surface area contributed by atoms with E-state index in [9.17, 15) is 4.79 Å². The normalized spacial score (nSPS) is 15.5. The lowest BCUT2D eigenvalue weighted by molar-refractivity contribution is 0.0691. The second-order valence-corrected chi connectivity index (χ2v) is 6.96. The molecule has 1 aromatic heterocycles. The van der Waals surface area contributed by atoms with Crippen LogP contribution in [0.15, 0.2) is 47.1 Å². The summed E-state index contributed by atoms with van der Waals surface area (Å²) >= 11 is 3.46. The van der Waals surface area contributed by atoms with Crippen LogP contribution < -0.4 is 5.32 Å². The van der Waals surface area contributed by atoms with Gasteiger partial charge in [0, 0.05) is 35.1 Å². The number of aromatic nitrogens is 1. The monoisotopic (exact) mass is 373 g/mol. The number of rotatable bonds is 3. The number of nitrogens with one attached hydrogen (secondary N) is 1. The van der Waals surface area contributed by atoms with E-state index in [1.807, 2.05) is 41.3 Å². The number of halogens is 1. The topological polar surface area (TPSA) is 45.2 Å². The molecule has 1 aliphatic heterocycles. The molecule has 0 bridgehead atoms. The summed E-state index contributed by atoms with van der Waals surface area (Å²) in [5.41, 5.74) is 2.34. The summed E-state index contributed by atoms with van der Waals surface area (Å²) in [6.07, 6.45) is 3.82. The summed E-state index contributed by atoms with van der Waals surface area (Å²) in [6.45, 7) is 3.89. The summed E-state index contributed by atoms with van der Waals surface area (Å²) in [7, 11) is 0. The maximum atomic E-state index is 12.6. The van der Waals surface area contributed by atoms with Crippen LogP contribution in [0.1, 0.15) is 30.3 Å². The highest BCUT2D eigenvalue weighted by Gasteiger charge is 2.22. The molecule has 1 aromatic carbocycles. The molecule has 120 valence electrons. The number of hydrogen-bond donors (Lipinski definition) is 1. The van der Waals surface area contributed by atoms with Crippen LogP contribution in [0.5, 0.6) is 0 Å². The number of piperidine rings is 1. The van der Waals surface area contributed by atoms with Gasteiger partial charge < -0.3 is 10.2 Å². The van der Waals surface area contributed by atoms with E-state index in [2.05, 4.69) is 33.2 Å². The number of hydrogen-bond acceptors (Lipinski definition) is 3. The zero-order valence-corrected chi connectivity index (χ0v) is 14.7. The van der Waals surface area contributed by atoms with Crippen molar-refractivity contribution < 1.29 is 4.79 Å². The molecule has 0 aliphatic carbocycles. The number of carbonyl (C=O) groups excluding carboxylic acids is 1. The second kappa shape index (κ2) is 7.13. The molecule has 1 aliphatic rings. The lowest BCUT2D eigenvalue weighted by atomic mass is 9.99. The molecular weight excluding hydrogens is 354 g/mol. The fraction of sp³-hybridized carbons (Fsp3) is 0.333. The molecule has 5 heteroatoms. The van der Waals surface area contributed by atoms with Crippen LogP contribution >= 0.6 is 15.9 Å². The summed E-state index contributed by atoms with van der Waals surface area (Å²) in [6, 6.07) is 11.6. The van der Waals surface area contributed by atoms with Gasteiger partial charge in [-0.25, -0.2) is 0 Å². The third-order valence-electron chi connectivity index (χ3n) is 4.16. The highest BCUT2D eigenvalue weighted by Crippen LogP contribution is 2.22. The van der Waals surface area contributed by atoms with Gasteiger partial charge in [0.2, 0.25) is 0 Å². The first kappa shape index (κ1) is 16.0. The average molecular weight is 374 g/mol. The quantitative estimate of drug-likeness (QED) is 0.863. The lowest BCUT2D eigenvalue weighted by Crippen LogP contribution is -2.38. The van der Waals surface area contributed by atoms with Crippen molar-refractivity contribution >= 4 is 33.2 Å². The van der Waals surface area contributed by atoms with Gasteiger partial charge in [-0.3, -0.25) is 9.78 Å². The van der Waals surface area contributed by atoms with Crippen LogP contribution in [0.3, 0.4) is 0 Å². The highest BCUT2D eigenvalue weighted by atomic mass is 79.9. The molecule has 1 fully saturated rings. The Morgan fingerprint density at radius 1 is 1.22 bits per heavy atom. The van der Waals surface area contributed by atoms with Crippen molar-refractivity contribution in [3.05, 3.63) is 52.8 Å². The third kappa shape index (κ3) is 4.10. The van der Waals surface area contributed by atoms with E-state index in [-0.39, 0.29) is 5.91 Å². The summed E-state index contributed by atoms with van der Waals surface area (Å²) in [4.78, 5) is 18.8. The Bertz CT molecular complexity index is 696. The minimum absolute atomic E-state index is 0.0230. The van der Waals surface area contributed by atoms with Crippen LogP contribution in [0.4, 0.5) is 11.4 Å². The summed E-state index contributed by atoms with van der Waals surface area (Å²) in [5, 5.41) is 3.31. The summed E-state index contributed by atoms with van der Waals surface area (Å²) < 4.78 is 1.01. The van der Waals surface area contributed by atoms with Gasteiger partial charge in [0.25, 0.3) is 5.91 Å². The maximum Gasteiger partial charge on any atom is 0.272 e. The van der Waals surface area contributed by atoms with E-state index in [0.29, 0.717) is 11.6 Å². The third-order valence-corrected chi connectivity index (χ3v) is 4.66. The van der Waals surface area contributed by atoms with Crippen molar-refractivity contribution in [1.29, 1.82) is 0 Å². The zero-order valence-electron chi connectivity index (χ0n) is 13.1. The molecule has 0 saturated carbocycles. The average Bonchev–Trinajstić information content (AvgIpc) is 2.55. The van der Waals surface area contributed by atoms with Crippen LogP contribution in [0.25, 0.3) is 0 Å². The Morgan fingerprint density at radius 2 is 1.96 bits per heavy atom. The smallest absolute Gasteiger partial charge is 0.272 e. The largest absolute Gasteiger partial charge is 0.355 e. The Hall–Kier alpha value is -1.88. The first-order valence-electron chi connectivity index (χ1n) is 7.90. The Labute approximate surface area is 145 Å². The minimum atomic E-state index is 0.0230. The number of nitrogens with zero attached hydrogens (tertiary/aromatic N) is 2. The SMILES string of the molecule is CC1CCN(C(=O)c2cc(Nc3cccc(Br)c3)ccn2)CC1. The van der Waals surface area contributed by atoms with E-state index in [1.165, 1.54) is 0 Å². The number of likely N-dealkylation sites (tertiary alicyclic amines) is 1. The van der Waals surface area contributed by atoms with Crippen molar-refractivity contribution in [3.63, 3.8) is 0 Å². The highest BCUT2D eigenvalue weighted by molar-refractivity contribution is 9.10. The lowest BCUT2D eigenvalue weighted by Gasteiger charge is -2.30. The molecule has 1 saturated heterocycles. The van der Waals surface area contributed by atoms with Gasteiger partial charge in [-0.1, -0.05) is 28.9 Å². The number of anilines is 2. The molecule has 1 amide bonds. The second-order valence-electron chi connectivity index (χ2n) is 6.04. The van der Waals surface area contributed by atoms with Gasteiger partial charge in [-0.15, -0.1) is 0 Å². The molecule has 0 atom stereocenters. The van der Waals surface area contributed by atoms with E-state index in [0.717, 1.165) is 41.8 Å². The molecule has 2 aromatic rings. The Balaban J connectivity index is 1.73. The molecule has 0 spiro atoms. The summed E-state index contributed by atoms with van der Waals surface area (Å²) in [5.74, 6) is 0.728. The Kier molecular flexibility index (Phi) is 4.96. The predicted molar refractivity (Wildman–Crippen MR) is 96.0 cm³/mol. The van der Waals surface area contributed by atoms with Crippen molar-refractivity contribution in [3.8, 4) is 0 Å². The molecule has 2 heterocycles. The van der Waals surface area contributed by atoms with Crippen molar-refractivity contribution in [2.24, 2.45) is 5.92 Å². The van der Waals surface area contributed by atoms with Crippen LogP contribution in [-0.4, -0.2) is 28.9 Å². The van der Waals surface area contributed by atoms with Gasteiger partial charge in [0.05, 0.1) is 0 Å². The van der Waals surface area contributed by atoms with Gasteiger partial charge in [-0.05, 0) is 49.1 Å².